The molecule has 0 bridgehead atoms. The summed E-state index contributed by atoms with van der Waals surface area (Å²) < 4.78 is 1.55. The number of aromatic nitrogens is 5. The highest BCUT2D eigenvalue weighted by atomic mass is 35.5. The summed E-state index contributed by atoms with van der Waals surface area (Å²) >= 11 is 1.67. The van der Waals surface area contributed by atoms with Crippen LogP contribution in [-0.2, 0) is 6.54 Å². The lowest BCUT2D eigenvalue weighted by atomic mass is 10.1. The van der Waals surface area contributed by atoms with Crippen LogP contribution in [0.5, 0.6) is 0 Å². The molecular formula is C14H12ClN5OS. The average molecular weight is 334 g/mol. The van der Waals surface area contributed by atoms with Gasteiger partial charge in [0.25, 0.3) is 0 Å². The van der Waals surface area contributed by atoms with E-state index in [2.05, 4.69) is 38.6 Å². The monoisotopic (exact) mass is 333 g/mol. The van der Waals surface area contributed by atoms with Crippen LogP contribution in [0.3, 0.4) is 0 Å². The normalized spacial score (nSPS) is 10.7. The highest BCUT2D eigenvalue weighted by Gasteiger charge is 2.06. The number of fused-ring (bicyclic) bond motifs is 1. The second-order valence-corrected chi connectivity index (χ2v) is 5.90. The van der Waals surface area contributed by atoms with E-state index >= 15 is 0 Å². The van der Waals surface area contributed by atoms with E-state index in [0.29, 0.717) is 6.54 Å². The molecule has 0 atom stereocenters. The van der Waals surface area contributed by atoms with Gasteiger partial charge in [0, 0.05) is 15.1 Å². The van der Waals surface area contributed by atoms with Gasteiger partial charge in [-0.25, -0.2) is 9.89 Å². The van der Waals surface area contributed by atoms with Crippen LogP contribution >= 0.6 is 23.7 Å². The highest BCUT2D eigenvalue weighted by Crippen LogP contribution is 2.30. The first kappa shape index (κ1) is 14.6. The minimum atomic E-state index is -0.190. The molecule has 3 aromatic heterocycles. The van der Waals surface area contributed by atoms with Gasteiger partial charge in [-0.05, 0) is 29.8 Å². The zero-order valence-corrected chi connectivity index (χ0v) is 12.9. The van der Waals surface area contributed by atoms with Crippen molar-refractivity contribution in [3.8, 4) is 10.4 Å². The van der Waals surface area contributed by atoms with E-state index in [1.807, 2.05) is 18.3 Å². The van der Waals surface area contributed by atoms with Gasteiger partial charge in [-0.1, -0.05) is 6.07 Å². The van der Waals surface area contributed by atoms with Gasteiger partial charge in [-0.3, -0.25) is 9.67 Å². The zero-order chi connectivity index (χ0) is 14.2. The third kappa shape index (κ3) is 2.56. The van der Waals surface area contributed by atoms with Crippen LogP contribution < -0.4 is 5.69 Å². The number of rotatable bonds is 3. The van der Waals surface area contributed by atoms with Crippen LogP contribution in [0.25, 0.3) is 21.3 Å². The van der Waals surface area contributed by atoms with Gasteiger partial charge in [0.05, 0.1) is 18.3 Å². The van der Waals surface area contributed by atoms with E-state index in [4.69, 9.17) is 0 Å². The van der Waals surface area contributed by atoms with Crippen molar-refractivity contribution >= 4 is 34.6 Å². The molecule has 0 spiro atoms. The number of nitrogens with one attached hydrogen (secondary N) is 2. The summed E-state index contributed by atoms with van der Waals surface area (Å²) in [5.41, 5.74) is 1.99. The molecule has 0 saturated heterocycles. The van der Waals surface area contributed by atoms with E-state index in [9.17, 15) is 4.79 Å². The van der Waals surface area contributed by atoms with E-state index < -0.39 is 0 Å². The first-order valence-corrected chi connectivity index (χ1v) is 7.23. The van der Waals surface area contributed by atoms with E-state index in [0.717, 1.165) is 21.3 Å². The summed E-state index contributed by atoms with van der Waals surface area (Å²) in [6.45, 7) is 0.536. The molecule has 112 valence electrons. The summed E-state index contributed by atoms with van der Waals surface area (Å²) in [6.07, 6.45) is 3.33. The van der Waals surface area contributed by atoms with Crippen LogP contribution in [0.2, 0.25) is 0 Å². The van der Waals surface area contributed by atoms with Crippen LogP contribution in [0, 0.1) is 0 Å². The van der Waals surface area contributed by atoms with Gasteiger partial charge in [-0.2, -0.15) is 10.2 Å². The van der Waals surface area contributed by atoms with Crippen molar-refractivity contribution in [2.24, 2.45) is 0 Å². The van der Waals surface area contributed by atoms with Gasteiger partial charge in [0.1, 0.15) is 6.33 Å². The molecule has 0 radical (unpaired) electrons. The number of benzene rings is 1. The fraction of sp³-hybridized carbons (Fsp3) is 0.0714. The molecule has 8 heteroatoms. The Morgan fingerprint density at radius 2 is 2.05 bits per heavy atom. The molecule has 2 N–H and O–H groups in total. The van der Waals surface area contributed by atoms with Crippen LogP contribution in [0.1, 0.15) is 4.88 Å². The maximum absolute atomic E-state index is 11.5. The number of hydrogen-bond donors (Lipinski definition) is 2. The topological polar surface area (TPSA) is 79.4 Å². The van der Waals surface area contributed by atoms with Crippen molar-refractivity contribution in [1.29, 1.82) is 0 Å². The zero-order valence-electron chi connectivity index (χ0n) is 11.3. The predicted molar refractivity (Wildman–Crippen MR) is 88.6 cm³/mol. The van der Waals surface area contributed by atoms with E-state index in [1.54, 1.807) is 15.9 Å². The van der Waals surface area contributed by atoms with E-state index in [1.165, 1.54) is 11.2 Å². The largest absolute Gasteiger partial charge is 0.343 e. The number of H-pyrrole nitrogens is 2. The number of hydrogen-bond acceptors (Lipinski definition) is 4. The van der Waals surface area contributed by atoms with Crippen molar-refractivity contribution in [3.63, 3.8) is 0 Å². The Bertz CT molecular complexity index is 967. The average Bonchev–Trinajstić information content (AvgIpc) is 3.20. The summed E-state index contributed by atoms with van der Waals surface area (Å²) in [7, 11) is 0. The Labute approximate surface area is 135 Å². The van der Waals surface area contributed by atoms with E-state index in [-0.39, 0.29) is 18.1 Å². The molecule has 1 aromatic carbocycles. The van der Waals surface area contributed by atoms with Crippen molar-refractivity contribution < 1.29 is 0 Å². The smallest absolute Gasteiger partial charge is 0.278 e. The Morgan fingerprint density at radius 3 is 2.86 bits per heavy atom. The van der Waals surface area contributed by atoms with Gasteiger partial charge < -0.3 is 0 Å². The Hall–Kier alpha value is -2.38. The molecule has 6 nitrogen and oxygen atoms in total. The predicted octanol–water partition coefficient (Wildman–Crippen LogP) is 2.65. The van der Waals surface area contributed by atoms with Crippen LogP contribution in [-0.4, -0.2) is 25.0 Å². The van der Waals surface area contributed by atoms with Gasteiger partial charge >= 0.3 is 5.69 Å². The second kappa shape index (κ2) is 5.78. The van der Waals surface area contributed by atoms with Crippen molar-refractivity contribution in [2.75, 3.05) is 0 Å². The third-order valence-corrected chi connectivity index (χ3v) is 4.45. The fourth-order valence-electron chi connectivity index (χ4n) is 2.26. The van der Waals surface area contributed by atoms with Crippen molar-refractivity contribution in [2.45, 2.75) is 6.54 Å². The number of halogens is 1. The maximum atomic E-state index is 11.5. The first-order valence-electron chi connectivity index (χ1n) is 6.41. The number of thiophene rings is 1. The third-order valence-electron chi connectivity index (χ3n) is 3.33. The molecule has 22 heavy (non-hydrogen) atoms. The van der Waals surface area contributed by atoms with Crippen LogP contribution in [0.4, 0.5) is 0 Å². The molecule has 0 unspecified atom stereocenters. The summed E-state index contributed by atoms with van der Waals surface area (Å²) in [5, 5.41) is 14.2. The minimum Gasteiger partial charge on any atom is -0.278 e. The standard InChI is InChI=1S/C14H11N5OS.ClH/c20-14-18-16-8-19(14)7-11-2-4-13(21-11)9-1-3-12-10(5-9)6-15-17-12;/h1-6,8H,7H2,(H,15,17)(H,18,20);1H. The summed E-state index contributed by atoms with van der Waals surface area (Å²) in [5.74, 6) is 0. The molecule has 0 aliphatic heterocycles. The molecule has 4 rings (SSSR count). The Balaban J connectivity index is 0.00000144. The Kier molecular flexibility index (Phi) is 3.82. The molecular weight excluding hydrogens is 322 g/mol. The Morgan fingerprint density at radius 1 is 1.14 bits per heavy atom. The van der Waals surface area contributed by atoms with Gasteiger partial charge in [0.15, 0.2) is 0 Å². The van der Waals surface area contributed by atoms with Gasteiger partial charge in [0.2, 0.25) is 0 Å². The number of nitrogens with zero attached hydrogens (tertiary/aromatic N) is 3. The first-order chi connectivity index (χ1) is 10.3. The molecule has 0 fully saturated rings. The lowest BCUT2D eigenvalue weighted by molar-refractivity contribution is 0.772. The van der Waals surface area contributed by atoms with Crippen LogP contribution in [0.15, 0.2) is 47.7 Å². The lowest BCUT2D eigenvalue weighted by Crippen LogP contribution is -2.16. The molecule has 0 aliphatic rings. The maximum Gasteiger partial charge on any atom is 0.343 e. The second-order valence-electron chi connectivity index (χ2n) is 4.73. The quantitative estimate of drug-likeness (QED) is 0.605. The highest BCUT2D eigenvalue weighted by molar-refractivity contribution is 7.15. The fourth-order valence-corrected chi connectivity index (χ4v) is 3.27. The number of aromatic amines is 2. The van der Waals surface area contributed by atoms with Gasteiger partial charge in [-0.15, -0.1) is 23.7 Å². The molecule has 3 heterocycles. The SMILES string of the molecule is Cl.O=c1[nH]ncn1Cc1ccc(-c2ccc3[nH]ncc3c2)s1. The summed E-state index contributed by atoms with van der Waals surface area (Å²) in [4.78, 5) is 13.7. The molecule has 4 aromatic rings. The summed E-state index contributed by atoms with van der Waals surface area (Å²) in [6, 6.07) is 10.3. The molecule has 0 aliphatic carbocycles. The molecule has 0 amide bonds. The van der Waals surface area contributed by atoms with Crippen molar-refractivity contribution in [3.05, 3.63) is 58.2 Å². The van der Waals surface area contributed by atoms with Crippen molar-refractivity contribution in [1.82, 2.24) is 25.0 Å². The minimum absolute atomic E-state index is 0. The molecule has 0 saturated carbocycles. The lowest BCUT2D eigenvalue weighted by Gasteiger charge is -1.98.